The SMILES string of the molecule is O=C(O)C(F)=C(F)C(F)(F)C(F)(F)C(F)(F)C(F)(F)C(F)(F)C(F)(F)C(F)F. The Labute approximate surface area is 141 Å². The van der Waals surface area contributed by atoms with Crippen LogP contribution in [0.25, 0.3) is 0 Å². The Morgan fingerprint density at radius 2 is 0.964 bits per heavy atom. The number of halogens is 16. The molecule has 0 spiro atoms. The van der Waals surface area contributed by atoms with E-state index in [9.17, 15) is 75.0 Å². The number of rotatable bonds is 8. The summed E-state index contributed by atoms with van der Waals surface area (Å²) >= 11 is 0. The first kappa shape index (κ1) is 26.1. The Kier molecular flexibility index (Phi) is 6.39. The number of carboxylic acids is 1. The lowest BCUT2D eigenvalue weighted by Crippen LogP contribution is -2.71. The second kappa shape index (κ2) is 6.85. The Morgan fingerprint density at radius 1 is 0.643 bits per heavy atom. The van der Waals surface area contributed by atoms with Gasteiger partial charge >= 0.3 is 47.9 Å². The van der Waals surface area contributed by atoms with Crippen molar-refractivity contribution in [2.75, 3.05) is 0 Å². The fraction of sp³-hybridized carbons (Fsp3) is 0.700. The Balaban J connectivity index is 6.72. The average Bonchev–Trinajstić information content (AvgIpc) is 2.51. The van der Waals surface area contributed by atoms with E-state index in [4.69, 9.17) is 5.11 Å². The summed E-state index contributed by atoms with van der Waals surface area (Å²) in [6, 6.07) is 0. The fourth-order valence-corrected chi connectivity index (χ4v) is 1.31. The molecular formula is C10H2F16O2. The van der Waals surface area contributed by atoms with Crippen LogP contribution < -0.4 is 0 Å². The number of aliphatic carboxylic acids is 1. The third-order valence-electron chi connectivity index (χ3n) is 2.93. The molecule has 1 N–H and O–H groups in total. The van der Waals surface area contributed by atoms with Gasteiger partial charge in [0.25, 0.3) is 0 Å². The summed E-state index contributed by atoms with van der Waals surface area (Å²) < 4.78 is 204. The highest BCUT2D eigenvalue weighted by molar-refractivity contribution is 5.84. The van der Waals surface area contributed by atoms with Crippen LogP contribution in [-0.4, -0.2) is 53.0 Å². The van der Waals surface area contributed by atoms with Crippen molar-refractivity contribution >= 4 is 5.97 Å². The highest BCUT2D eigenvalue weighted by atomic mass is 19.4. The highest BCUT2D eigenvalue weighted by Gasteiger charge is 2.91. The molecule has 0 aromatic rings. The van der Waals surface area contributed by atoms with Crippen molar-refractivity contribution in [3.63, 3.8) is 0 Å². The van der Waals surface area contributed by atoms with Crippen LogP contribution in [0.3, 0.4) is 0 Å². The minimum atomic E-state index is -8.46. The van der Waals surface area contributed by atoms with Gasteiger partial charge in [-0.1, -0.05) is 0 Å². The molecule has 166 valence electrons. The zero-order valence-electron chi connectivity index (χ0n) is 12.0. The van der Waals surface area contributed by atoms with Crippen LogP contribution in [0.5, 0.6) is 0 Å². The molecular weight excluding hydrogens is 456 g/mol. The Hall–Kier alpha value is -1.91. The minimum absolute atomic E-state index is 3.47. The van der Waals surface area contributed by atoms with Gasteiger partial charge in [0.15, 0.2) is 0 Å². The second-order valence-corrected chi connectivity index (χ2v) is 4.73. The molecule has 0 aliphatic rings. The van der Waals surface area contributed by atoms with Gasteiger partial charge in [0.1, 0.15) is 0 Å². The molecule has 18 heteroatoms. The van der Waals surface area contributed by atoms with Crippen LogP contribution >= 0.6 is 0 Å². The van der Waals surface area contributed by atoms with Crippen molar-refractivity contribution in [1.82, 2.24) is 0 Å². The van der Waals surface area contributed by atoms with Crippen LogP contribution in [0.15, 0.2) is 11.7 Å². The Morgan fingerprint density at radius 3 is 1.25 bits per heavy atom. The third kappa shape index (κ3) is 3.23. The molecule has 0 bridgehead atoms. The van der Waals surface area contributed by atoms with Gasteiger partial charge in [0, 0.05) is 0 Å². The second-order valence-electron chi connectivity index (χ2n) is 4.73. The average molecular weight is 458 g/mol. The molecule has 28 heavy (non-hydrogen) atoms. The summed E-state index contributed by atoms with van der Waals surface area (Å²) in [5, 5.41) is 7.75. The van der Waals surface area contributed by atoms with Crippen molar-refractivity contribution in [2.45, 2.75) is 42.0 Å². The molecule has 0 saturated heterocycles. The number of carboxylic acid groups (broad SMARTS) is 1. The first-order valence-corrected chi connectivity index (χ1v) is 5.80. The zero-order chi connectivity index (χ0) is 23.3. The smallest absolute Gasteiger partial charge is 0.385 e. The van der Waals surface area contributed by atoms with Crippen LogP contribution in [-0.2, 0) is 4.79 Å². The highest BCUT2D eigenvalue weighted by Crippen LogP contribution is 2.62. The Bertz CT molecular complexity index is 648. The summed E-state index contributed by atoms with van der Waals surface area (Å²) in [6.07, 6.45) is -5.90. The number of allylic oxidation sites excluding steroid dienone is 1. The van der Waals surface area contributed by atoms with Crippen LogP contribution in [0, 0.1) is 0 Å². The first-order chi connectivity index (χ1) is 12.0. The maximum Gasteiger partial charge on any atom is 0.385 e. The molecule has 0 radical (unpaired) electrons. The first-order valence-electron chi connectivity index (χ1n) is 5.80. The van der Waals surface area contributed by atoms with Gasteiger partial charge in [-0.05, 0) is 0 Å². The molecule has 0 aliphatic carbocycles. The zero-order valence-corrected chi connectivity index (χ0v) is 12.0. The van der Waals surface area contributed by atoms with Crippen molar-refractivity contribution in [2.24, 2.45) is 0 Å². The van der Waals surface area contributed by atoms with Gasteiger partial charge in [0.2, 0.25) is 11.7 Å². The van der Waals surface area contributed by atoms with Gasteiger partial charge in [-0.15, -0.1) is 0 Å². The molecule has 0 aromatic heterocycles. The molecule has 0 aromatic carbocycles. The standard InChI is InChI=1S/C10H2F16O2/c11-1(3(27)28)2(12)5(15,16)7(19,20)9(23,24)10(25,26)8(21,22)6(17,18)4(13)14/h4H,(H,27,28). The van der Waals surface area contributed by atoms with Gasteiger partial charge in [-0.2, -0.15) is 57.1 Å². The topological polar surface area (TPSA) is 37.3 Å². The number of hydrogen-bond acceptors (Lipinski definition) is 1. The van der Waals surface area contributed by atoms with E-state index in [0.29, 0.717) is 0 Å². The van der Waals surface area contributed by atoms with E-state index in [1.165, 1.54) is 0 Å². The lowest BCUT2D eigenvalue weighted by atomic mass is 9.91. The summed E-state index contributed by atoms with van der Waals surface area (Å²) in [5.41, 5.74) is 0. The van der Waals surface area contributed by atoms with Gasteiger partial charge < -0.3 is 5.11 Å². The molecule has 0 heterocycles. The van der Waals surface area contributed by atoms with E-state index in [0.717, 1.165) is 0 Å². The van der Waals surface area contributed by atoms with Crippen molar-refractivity contribution in [3.05, 3.63) is 11.7 Å². The lowest BCUT2D eigenvalue weighted by molar-refractivity contribution is -0.430. The van der Waals surface area contributed by atoms with Gasteiger partial charge in [-0.3, -0.25) is 0 Å². The predicted octanol–water partition coefficient (Wildman–Crippen LogP) is 5.30. The largest absolute Gasteiger partial charge is 0.476 e. The summed E-state index contributed by atoms with van der Waals surface area (Å²) in [5.74, 6) is -60.5. The van der Waals surface area contributed by atoms with E-state index in [-0.39, 0.29) is 0 Å². The third-order valence-corrected chi connectivity index (χ3v) is 2.93. The van der Waals surface area contributed by atoms with E-state index >= 15 is 0 Å². The molecule has 0 saturated carbocycles. The molecule has 2 nitrogen and oxygen atoms in total. The number of hydrogen-bond donors (Lipinski definition) is 1. The van der Waals surface area contributed by atoms with Crippen LogP contribution in [0.2, 0.25) is 0 Å². The fourth-order valence-electron chi connectivity index (χ4n) is 1.31. The quantitative estimate of drug-likeness (QED) is 0.396. The molecule has 0 rings (SSSR count). The van der Waals surface area contributed by atoms with E-state index in [2.05, 4.69) is 0 Å². The summed E-state index contributed by atoms with van der Waals surface area (Å²) in [7, 11) is 0. The van der Waals surface area contributed by atoms with Crippen molar-refractivity contribution in [3.8, 4) is 0 Å². The molecule has 0 aliphatic heterocycles. The molecule has 0 unspecified atom stereocenters. The van der Waals surface area contributed by atoms with Gasteiger partial charge in [-0.25, -0.2) is 18.0 Å². The van der Waals surface area contributed by atoms with Gasteiger partial charge in [0.05, 0.1) is 0 Å². The van der Waals surface area contributed by atoms with Crippen molar-refractivity contribution in [1.29, 1.82) is 0 Å². The number of carbonyl (C=O) groups is 1. The maximum absolute atomic E-state index is 13.1. The normalized spacial score (nSPS) is 16.3. The van der Waals surface area contributed by atoms with E-state index in [1.807, 2.05) is 0 Å². The molecule has 0 fully saturated rings. The maximum atomic E-state index is 13.1. The molecule has 0 amide bonds. The van der Waals surface area contributed by atoms with Crippen LogP contribution in [0.4, 0.5) is 70.2 Å². The monoisotopic (exact) mass is 458 g/mol. The van der Waals surface area contributed by atoms with Crippen LogP contribution in [0.1, 0.15) is 0 Å². The van der Waals surface area contributed by atoms with E-state index < -0.39 is 59.6 Å². The molecule has 0 atom stereocenters. The van der Waals surface area contributed by atoms with Crippen molar-refractivity contribution < 1.29 is 80.1 Å². The van der Waals surface area contributed by atoms with E-state index in [1.54, 1.807) is 0 Å². The summed E-state index contributed by atoms with van der Waals surface area (Å²) in [4.78, 5) is 9.84. The minimum Gasteiger partial charge on any atom is -0.476 e. The lowest BCUT2D eigenvalue weighted by Gasteiger charge is -2.40. The summed E-state index contributed by atoms with van der Waals surface area (Å²) in [6.45, 7) is 0. The number of alkyl halides is 14. The predicted molar refractivity (Wildman–Crippen MR) is 52.6 cm³/mol.